The molecule has 4 nitrogen and oxygen atoms in total. The van der Waals surface area contributed by atoms with Crippen molar-refractivity contribution >= 4 is 44.5 Å². The van der Waals surface area contributed by atoms with Crippen LogP contribution in [-0.2, 0) is 11.2 Å². The average Bonchev–Trinajstić information content (AvgIpc) is 2.88. The highest BCUT2D eigenvalue weighted by Gasteiger charge is 2.15. The fourth-order valence-corrected chi connectivity index (χ4v) is 2.52. The molecule has 0 aliphatic rings. The number of hydrogen-bond donors (Lipinski definition) is 1. The fraction of sp³-hybridized carbons (Fsp3) is 0.125. The van der Waals surface area contributed by atoms with E-state index in [4.69, 9.17) is 4.42 Å². The first-order chi connectivity index (χ1) is 10.5. The second kappa shape index (κ2) is 5.88. The summed E-state index contributed by atoms with van der Waals surface area (Å²) in [6, 6.07) is 10.9. The van der Waals surface area contributed by atoms with Crippen molar-refractivity contribution in [1.29, 1.82) is 0 Å². The van der Waals surface area contributed by atoms with Crippen LogP contribution in [0.1, 0.15) is 12.5 Å². The summed E-state index contributed by atoms with van der Waals surface area (Å²) in [6.07, 6.45) is 0.0372. The van der Waals surface area contributed by atoms with E-state index in [0.717, 1.165) is 10.2 Å². The quantitative estimate of drug-likeness (QED) is 0.736. The van der Waals surface area contributed by atoms with Crippen LogP contribution < -0.4 is 5.32 Å². The minimum Gasteiger partial charge on any atom is -0.420 e. The van der Waals surface area contributed by atoms with E-state index in [1.807, 2.05) is 24.3 Å². The highest BCUT2D eigenvalue weighted by Crippen LogP contribution is 2.29. The Kier molecular flexibility index (Phi) is 3.94. The van der Waals surface area contributed by atoms with Gasteiger partial charge in [0.2, 0.25) is 0 Å². The number of benzene rings is 2. The van der Waals surface area contributed by atoms with Gasteiger partial charge in [-0.25, -0.2) is 4.39 Å². The number of oxazole rings is 1. The van der Waals surface area contributed by atoms with Crippen LogP contribution in [0.3, 0.4) is 0 Å². The lowest BCUT2D eigenvalue weighted by atomic mass is 10.1. The number of carbonyl (C=O) groups excluding carboxylic acids is 1. The zero-order valence-electron chi connectivity index (χ0n) is 11.7. The van der Waals surface area contributed by atoms with Crippen molar-refractivity contribution in [3.8, 4) is 0 Å². The van der Waals surface area contributed by atoms with Crippen LogP contribution in [-0.4, -0.2) is 10.8 Å². The summed E-state index contributed by atoms with van der Waals surface area (Å²) in [7, 11) is 0. The van der Waals surface area contributed by atoms with Crippen LogP contribution in [0.25, 0.3) is 11.1 Å². The topological polar surface area (TPSA) is 55.1 Å². The summed E-state index contributed by atoms with van der Waals surface area (Å²) in [5.41, 5.74) is 1.52. The third-order valence-electron chi connectivity index (χ3n) is 3.13. The largest absolute Gasteiger partial charge is 0.420 e. The van der Waals surface area contributed by atoms with Gasteiger partial charge in [0, 0.05) is 10.9 Å². The number of fused-ring (bicyclic) bond motifs is 1. The molecule has 0 atom stereocenters. The van der Waals surface area contributed by atoms with Gasteiger partial charge in [0.1, 0.15) is 11.3 Å². The SMILES string of the molecule is CC(=O)Cc1ccc2nc(Nc3ccccc3Br)oc2c1F. The van der Waals surface area contributed by atoms with Crippen molar-refractivity contribution < 1.29 is 13.6 Å². The molecule has 6 heteroatoms. The summed E-state index contributed by atoms with van der Waals surface area (Å²) in [4.78, 5) is 15.4. The molecule has 0 aliphatic heterocycles. The number of Topliss-reactive ketones (excluding diaryl/α,β-unsaturated/α-hetero) is 1. The van der Waals surface area contributed by atoms with Gasteiger partial charge >= 0.3 is 0 Å². The van der Waals surface area contributed by atoms with E-state index < -0.39 is 5.82 Å². The first-order valence-electron chi connectivity index (χ1n) is 6.63. The highest BCUT2D eigenvalue weighted by molar-refractivity contribution is 9.10. The minimum absolute atomic E-state index is 0.0372. The molecular weight excluding hydrogens is 351 g/mol. The molecule has 0 unspecified atom stereocenters. The molecule has 1 aromatic heterocycles. The third kappa shape index (κ3) is 2.87. The predicted octanol–water partition coefficient (Wildman–Crippen LogP) is 4.60. The second-order valence-electron chi connectivity index (χ2n) is 4.89. The van der Waals surface area contributed by atoms with Gasteiger partial charge in [-0.05, 0) is 46.6 Å². The van der Waals surface area contributed by atoms with Gasteiger partial charge in [0.25, 0.3) is 6.01 Å². The molecule has 3 aromatic rings. The lowest BCUT2D eigenvalue weighted by Crippen LogP contribution is -1.99. The number of halogens is 2. The van der Waals surface area contributed by atoms with Gasteiger partial charge in [-0.3, -0.25) is 4.79 Å². The van der Waals surface area contributed by atoms with E-state index in [1.165, 1.54) is 6.92 Å². The number of aromatic nitrogens is 1. The summed E-state index contributed by atoms with van der Waals surface area (Å²) >= 11 is 3.41. The molecule has 0 saturated carbocycles. The van der Waals surface area contributed by atoms with Crippen LogP contribution in [0.5, 0.6) is 0 Å². The van der Waals surface area contributed by atoms with Crippen molar-refractivity contribution in [3.05, 3.63) is 52.3 Å². The smallest absolute Gasteiger partial charge is 0.300 e. The van der Waals surface area contributed by atoms with E-state index in [2.05, 4.69) is 26.2 Å². The van der Waals surface area contributed by atoms with Crippen molar-refractivity contribution in [1.82, 2.24) is 4.98 Å². The molecule has 22 heavy (non-hydrogen) atoms. The zero-order valence-corrected chi connectivity index (χ0v) is 13.3. The van der Waals surface area contributed by atoms with Gasteiger partial charge in [0.05, 0.1) is 5.69 Å². The molecule has 0 bridgehead atoms. The van der Waals surface area contributed by atoms with Crippen LogP contribution in [0.15, 0.2) is 45.3 Å². The van der Waals surface area contributed by atoms with Gasteiger partial charge in [0.15, 0.2) is 11.4 Å². The summed E-state index contributed by atoms with van der Waals surface area (Å²) in [6.45, 7) is 1.42. The molecule has 1 N–H and O–H groups in total. The molecule has 0 spiro atoms. The number of para-hydroxylation sites is 1. The molecule has 0 radical (unpaired) electrons. The first kappa shape index (κ1) is 14.7. The molecule has 112 valence electrons. The van der Waals surface area contributed by atoms with E-state index in [-0.39, 0.29) is 23.8 Å². The summed E-state index contributed by atoms with van der Waals surface area (Å²) < 4.78 is 20.6. The van der Waals surface area contributed by atoms with Gasteiger partial charge in [-0.15, -0.1) is 0 Å². The Morgan fingerprint density at radius 1 is 1.32 bits per heavy atom. The number of carbonyl (C=O) groups is 1. The molecule has 1 heterocycles. The minimum atomic E-state index is -0.541. The van der Waals surface area contributed by atoms with Crippen LogP contribution >= 0.6 is 15.9 Å². The average molecular weight is 363 g/mol. The highest BCUT2D eigenvalue weighted by atomic mass is 79.9. The van der Waals surface area contributed by atoms with E-state index in [1.54, 1.807) is 12.1 Å². The zero-order chi connectivity index (χ0) is 15.7. The van der Waals surface area contributed by atoms with Crippen LogP contribution in [0.4, 0.5) is 16.1 Å². The molecule has 0 fully saturated rings. The first-order valence-corrected chi connectivity index (χ1v) is 7.43. The van der Waals surface area contributed by atoms with E-state index in [0.29, 0.717) is 11.1 Å². The third-order valence-corrected chi connectivity index (χ3v) is 3.82. The number of rotatable bonds is 4. The van der Waals surface area contributed by atoms with Crippen molar-refractivity contribution in [3.63, 3.8) is 0 Å². The maximum Gasteiger partial charge on any atom is 0.300 e. The Hall–Kier alpha value is -2.21. The monoisotopic (exact) mass is 362 g/mol. The van der Waals surface area contributed by atoms with Crippen molar-refractivity contribution in [2.75, 3.05) is 5.32 Å². The molecule has 2 aromatic carbocycles. The summed E-state index contributed by atoms with van der Waals surface area (Å²) in [5.74, 6) is -0.648. The van der Waals surface area contributed by atoms with Gasteiger partial charge in [-0.1, -0.05) is 18.2 Å². The molecule has 0 aliphatic carbocycles. The molecule has 0 amide bonds. The molecule has 3 rings (SSSR count). The Bertz CT molecular complexity index is 860. The van der Waals surface area contributed by atoms with Crippen LogP contribution in [0.2, 0.25) is 0 Å². The summed E-state index contributed by atoms with van der Waals surface area (Å²) in [5, 5.41) is 2.99. The Morgan fingerprint density at radius 3 is 2.82 bits per heavy atom. The Morgan fingerprint density at radius 2 is 2.09 bits per heavy atom. The van der Waals surface area contributed by atoms with Crippen molar-refractivity contribution in [2.24, 2.45) is 0 Å². The standard InChI is InChI=1S/C16H12BrFN2O2/c1-9(21)8-10-6-7-13-15(14(10)18)22-16(20-13)19-12-5-3-2-4-11(12)17/h2-7H,8H2,1H3,(H,19,20). The van der Waals surface area contributed by atoms with Crippen molar-refractivity contribution in [2.45, 2.75) is 13.3 Å². The van der Waals surface area contributed by atoms with E-state index in [9.17, 15) is 9.18 Å². The number of anilines is 2. The van der Waals surface area contributed by atoms with Gasteiger partial charge < -0.3 is 9.73 Å². The molecule has 0 saturated heterocycles. The molecular formula is C16H12BrFN2O2. The lowest BCUT2D eigenvalue weighted by molar-refractivity contribution is -0.116. The second-order valence-corrected chi connectivity index (χ2v) is 5.74. The Balaban J connectivity index is 1.98. The number of nitrogens with one attached hydrogen (secondary N) is 1. The fourth-order valence-electron chi connectivity index (χ4n) is 2.14. The van der Waals surface area contributed by atoms with E-state index >= 15 is 0 Å². The maximum absolute atomic E-state index is 14.3. The lowest BCUT2D eigenvalue weighted by Gasteiger charge is -2.03. The van der Waals surface area contributed by atoms with Gasteiger partial charge in [-0.2, -0.15) is 4.98 Å². The normalized spacial score (nSPS) is 10.9. The van der Waals surface area contributed by atoms with Crippen LogP contribution in [0, 0.1) is 5.82 Å². The predicted molar refractivity (Wildman–Crippen MR) is 85.8 cm³/mol. The number of hydrogen-bond acceptors (Lipinski definition) is 4. The maximum atomic E-state index is 14.3. The number of ketones is 1. The number of nitrogens with zero attached hydrogens (tertiary/aromatic N) is 1. The Labute approximate surface area is 134 Å².